The lowest BCUT2D eigenvalue weighted by atomic mass is 9.70. The average Bonchev–Trinajstić information content (AvgIpc) is 2.87. The monoisotopic (exact) mass is 370 g/mol. The molecule has 27 heavy (non-hydrogen) atoms. The van der Waals surface area contributed by atoms with Gasteiger partial charge in [0.05, 0.1) is 23.6 Å². The predicted molar refractivity (Wildman–Crippen MR) is 104 cm³/mol. The van der Waals surface area contributed by atoms with Crippen LogP contribution in [0, 0.1) is 11.2 Å². The van der Waals surface area contributed by atoms with E-state index in [-0.39, 0.29) is 23.4 Å². The van der Waals surface area contributed by atoms with Crippen LogP contribution < -0.4 is 5.73 Å². The summed E-state index contributed by atoms with van der Waals surface area (Å²) in [5.74, 6) is -0.873. The molecule has 0 radical (unpaired) electrons. The number of halogens is 1. The Hall–Kier alpha value is -1.98. The van der Waals surface area contributed by atoms with Crippen LogP contribution in [0.4, 0.5) is 10.1 Å². The summed E-state index contributed by atoms with van der Waals surface area (Å²) >= 11 is 0. The minimum atomic E-state index is -0.606. The largest absolute Gasteiger partial charge is 0.404 e. The highest BCUT2D eigenvalue weighted by Gasteiger charge is 2.60. The molecule has 4 nitrogen and oxygen atoms in total. The van der Waals surface area contributed by atoms with Crippen molar-refractivity contribution in [3.8, 4) is 0 Å². The molecule has 1 heterocycles. The van der Waals surface area contributed by atoms with Gasteiger partial charge in [-0.05, 0) is 75.2 Å². The lowest BCUT2D eigenvalue weighted by Crippen LogP contribution is -2.55. The van der Waals surface area contributed by atoms with Crippen LogP contribution in [-0.2, 0) is 9.47 Å². The topological polar surface area (TPSA) is 56.8 Å². The van der Waals surface area contributed by atoms with Gasteiger partial charge in [-0.2, -0.15) is 0 Å². The number of nitrogens with two attached hydrogens (primary N) is 1. The second-order valence-corrected chi connectivity index (χ2v) is 8.19. The molecule has 0 amide bonds. The lowest BCUT2D eigenvalue weighted by Gasteiger charge is -2.51. The van der Waals surface area contributed by atoms with E-state index in [1.54, 1.807) is 18.3 Å². The molecule has 2 fully saturated rings. The van der Waals surface area contributed by atoms with E-state index >= 15 is 0 Å². The van der Waals surface area contributed by atoms with Gasteiger partial charge in [-0.15, -0.1) is 0 Å². The maximum absolute atomic E-state index is 13.2. The van der Waals surface area contributed by atoms with Gasteiger partial charge >= 0.3 is 0 Å². The third kappa shape index (κ3) is 3.03. The molecule has 1 spiro atoms. The minimum absolute atomic E-state index is 0.171. The zero-order valence-corrected chi connectivity index (χ0v) is 16.2. The Bertz CT molecular complexity index is 817. The van der Waals surface area contributed by atoms with Gasteiger partial charge < -0.3 is 15.2 Å². The van der Waals surface area contributed by atoms with Crippen molar-refractivity contribution in [2.24, 2.45) is 16.1 Å². The third-order valence-corrected chi connectivity index (χ3v) is 6.18. The number of ether oxygens (including phenoxy) is 2. The molecule has 1 aromatic carbocycles. The predicted octanol–water partition coefficient (Wildman–Crippen LogP) is 4.78. The average molecular weight is 370 g/mol. The first-order chi connectivity index (χ1) is 12.8. The van der Waals surface area contributed by atoms with E-state index < -0.39 is 5.79 Å². The van der Waals surface area contributed by atoms with E-state index in [9.17, 15) is 4.39 Å². The van der Waals surface area contributed by atoms with E-state index in [1.807, 2.05) is 0 Å². The Balaban J connectivity index is 1.73. The van der Waals surface area contributed by atoms with Crippen LogP contribution in [0.5, 0.6) is 0 Å². The highest BCUT2D eigenvalue weighted by Crippen LogP contribution is 2.60. The second-order valence-electron chi connectivity index (χ2n) is 8.19. The molecule has 4 atom stereocenters. The maximum Gasteiger partial charge on any atom is 0.178 e. The molecule has 2 aliphatic carbocycles. The summed E-state index contributed by atoms with van der Waals surface area (Å²) in [4.78, 5) is 4.71. The number of nitrogens with zero attached hydrogens (tertiary/aromatic N) is 1. The van der Waals surface area contributed by atoms with E-state index in [4.69, 9.17) is 20.2 Å². The highest BCUT2D eigenvalue weighted by molar-refractivity contribution is 6.11. The molecule has 1 saturated carbocycles. The summed E-state index contributed by atoms with van der Waals surface area (Å²) in [6.07, 6.45) is 7.47. The first kappa shape index (κ1) is 18.4. The third-order valence-electron chi connectivity index (χ3n) is 6.18. The Labute approximate surface area is 160 Å². The van der Waals surface area contributed by atoms with Crippen molar-refractivity contribution >= 4 is 11.4 Å². The molecule has 0 bridgehead atoms. The summed E-state index contributed by atoms with van der Waals surface area (Å²) in [6.45, 7) is 6.46. The number of rotatable bonds is 1. The molecule has 1 aliphatic heterocycles. The molecule has 1 unspecified atom stereocenters. The van der Waals surface area contributed by atoms with Gasteiger partial charge in [-0.1, -0.05) is 12.5 Å². The fourth-order valence-electron chi connectivity index (χ4n) is 4.83. The molecule has 0 aromatic heterocycles. The molecular formula is C22H27FN2O2. The van der Waals surface area contributed by atoms with Crippen molar-refractivity contribution in [2.75, 3.05) is 0 Å². The number of fused-ring (bicyclic) bond motifs is 2. The van der Waals surface area contributed by atoms with E-state index in [0.29, 0.717) is 5.69 Å². The zero-order chi connectivity index (χ0) is 19.2. The van der Waals surface area contributed by atoms with Crippen LogP contribution in [0.2, 0.25) is 0 Å². The Kier molecular flexibility index (Phi) is 4.47. The van der Waals surface area contributed by atoms with Gasteiger partial charge in [0, 0.05) is 11.8 Å². The van der Waals surface area contributed by atoms with E-state index in [1.165, 1.54) is 17.7 Å². The van der Waals surface area contributed by atoms with Crippen molar-refractivity contribution in [3.63, 3.8) is 0 Å². The van der Waals surface area contributed by atoms with Crippen molar-refractivity contribution < 1.29 is 13.9 Å². The summed E-state index contributed by atoms with van der Waals surface area (Å²) in [6, 6.07) is 6.19. The zero-order valence-electron chi connectivity index (χ0n) is 16.2. The number of allylic oxidation sites excluding steroid dienone is 2. The van der Waals surface area contributed by atoms with Gasteiger partial charge in [0.15, 0.2) is 5.79 Å². The Morgan fingerprint density at radius 3 is 2.48 bits per heavy atom. The van der Waals surface area contributed by atoms with Crippen molar-refractivity contribution in [2.45, 2.75) is 64.4 Å². The molecule has 5 heteroatoms. The van der Waals surface area contributed by atoms with Gasteiger partial charge in [0.2, 0.25) is 0 Å². The van der Waals surface area contributed by atoms with Crippen LogP contribution >= 0.6 is 0 Å². The molecule has 3 aliphatic rings. The molecule has 1 saturated heterocycles. The van der Waals surface area contributed by atoms with Crippen molar-refractivity contribution in [1.82, 2.24) is 0 Å². The van der Waals surface area contributed by atoms with E-state index in [0.717, 1.165) is 37.0 Å². The standard InChI is InChI=1S/C22H27FN2O2/c1-14-10-15(2)27-22(26-14)9-8-17-11-20(16(13-24)12-21(17,22)3)25-19-6-4-18(23)5-7-19/h4-7,11,13-15H,8-10,12,24H2,1-3H3/t14-,15+,21-,22?/m0/s1. The van der Waals surface area contributed by atoms with Crippen molar-refractivity contribution in [1.29, 1.82) is 0 Å². The summed E-state index contributed by atoms with van der Waals surface area (Å²) in [5.41, 5.74) is 9.51. The quantitative estimate of drug-likeness (QED) is 0.774. The lowest BCUT2D eigenvalue weighted by molar-refractivity contribution is -0.343. The first-order valence-corrected chi connectivity index (χ1v) is 9.67. The number of benzene rings is 1. The smallest absolute Gasteiger partial charge is 0.178 e. The number of hydrogen-bond acceptors (Lipinski definition) is 4. The number of aliphatic imine (C=N–C) groups is 1. The summed E-state index contributed by atoms with van der Waals surface area (Å²) in [7, 11) is 0. The van der Waals surface area contributed by atoms with Crippen LogP contribution in [-0.4, -0.2) is 23.7 Å². The second kappa shape index (κ2) is 6.57. The summed E-state index contributed by atoms with van der Waals surface area (Å²) in [5, 5.41) is 0. The fraction of sp³-hybridized carbons (Fsp3) is 0.500. The molecule has 4 rings (SSSR count). The van der Waals surface area contributed by atoms with Crippen LogP contribution in [0.3, 0.4) is 0 Å². The number of hydrogen-bond donors (Lipinski definition) is 1. The first-order valence-electron chi connectivity index (χ1n) is 9.67. The SMILES string of the molecule is C[C@@H]1C[C@H](C)OC2(CCC3=CC(=Nc4ccc(F)cc4)C(=CN)C[C@@]32C)O1. The van der Waals surface area contributed by atoms with Crippen LogP contribution in [0.15, 0.2) is 52.7 Å². The molecule has 2 N–H and O–H groups in total. The normalized spacial score (nSPS) is 39.0. The van der Waals surface area contributed by atoms with Crippen molar-refractivity contribution in [3.05, 3.63) is 53.5 Å². The summed E-state index contributed by atoms with van der Waals surface area (Å²) < 4.78 is 26.0. The fourth-order valence-corrected chi connectivity index (χ4v) is 4.83. The van der Waals surface area contributed by atoms with Gasteiger partial charge in [0.1, 0.15) is 5.82 Å². The Morgan fingerprint density at radius 2 is 1.85 bits per heavy atom. The molecular weight excluding hydrogens is 343 g/mol. The van der Waals surface area contributed by atoms with Crippen LogP contribution in [0.1, 0.15) is 46.5 Å². The van der Waals surface area contributed by atoms with Gasteiger partial charge in [-0.25, -0.2) is 9.38 Å². The van der Waals surface area contributed by atoms with Gasteiger partial charge in [-0.3, -0.25) is 0 Å². The Morgan fingerprint density at radius 1 is 1.19 bits per heavy atom. The van der Waals surface area contributed by atoms with Crippen LogP contribution in [0.25, 0.3) is 0 Å². The highest BCUT2D eigenvalue weighted by atomic mass is 19.1. The molecule has 144 valence electrons. The minimum Gasteiger partial charge on any atom is -0.404 e. The van der Waals surface area contributed by atoms with Gasteiger partial charge in [0.25, 0.3) is 0 Å². The van der Waals surface area contributed by atoms with E-state index in [2.05, 4.69) is 26.8 Å². The molecule has 1 aromatic rings. The maximum atomic E-state index is 13.2.